The van der Waals surface area contributed by atoms with Crippen LogP contribution in [0.2, 0.25) is 0 Å². The van der Waals surface area contributed by atoms with Crippen LogP contribution in [0.3, 0.4) is 0 Å². The highest BCUT2D eigenvalue weighted by atomic mass is 16.5. The minimum absolute atomic E-state index is 0.0623. The van der Waals surface area contributed by atoms with Gasteiger partial charge in [-0.05, 0) is 31.2 Å². The second-order valence-corrected chi connectivity index (χ2v) is 6.40. The molecule has 29 heavy (non-hydrogen) atoms. The second-order valence-electron chi connectivity index (χ2n) is 6.40. The van der Waals surface area contributed by atoms with Gasteiger partial charge in [-0.1, -0.05) is 24.3 Å². The number of carbonyl (C=O) groups excluding carboxylic acids is 4. The molecule has 1 aliphatic heterocycles. The average molecular weight is 396 g/mol. The number of amides is 2. The molecule has 2 aromatic rings. The third-order valence-electron chi connectivity index (χ3n) is 4.26. The highest BCUT2D eigenvalue weighted by Crippen LogP contribution is 2.31. The van der Waals surface area contributed by atoms with E-state index >= 15 is 0 Å². The molecule has 0 bridgehead atoms. The monoisotopic (exact) mass is 396 g/mol. The van der Waals surface area contributed by atoms with Gasteiger partial charge >= 0.3 is 5.97 Å². The Balaban J connectivity index is 1.48. The standard InChI is InChI=1S/C21H20N2O6/c1-14(24)15-5-4-6-16(11-15)22-19(25)12-29-21(27)9-10-23-17-7-2-3-8-18(17)28-13-20(23)26/h2-8,11H,9-10,12-13H2,1H3,(H,22,25). The lowest BCUT2D eigenvalue weighted by Crippen LogP contribution is -2.40. The van der Waals surface area contributed by atoms with E-state index in [1.54, 1.807) is 48.5 Å². The van der Waals surface area contributed by atoms with Gasteiger partial charge in [0.15, 0.2) is 19.0 Å². The van der Waals surface area contributed by atoms with Crippen molar-refractivity contribution in [1.82, 2.24) is 0 Å². The summed E-state index contributed by atoms with van der Waals surface area (Å²) in [5.74, 6) is -0.916. The Hall–Kier alpha value is -3.68. The predicted octanol–water partition coefficient (Wildman–Crippen LogP) is 2.19. The molecule has 0 radical (unpaired) electrons. The number of carbonyl (C=O) groups is 4. The summed E-state index contributed by atoms with van der Waals surface area (Å²) in [4.78, 5) is 48.9. The van der Waals surface area contributed by atoms with Crippen molar-refractivity contribution < 1.29 is 28.7 Å². The Morgan fingerprint density at radius 1 is 1.14 bits per heavy atom. The molecule has 0 saturated carbocycles. The number of nitrogens with zero attached hydrogens (tertiary/aromatic N) is 1. The van der Waals surface area contributed by atoms with E-state index in [1.165, 1.54) is 11.8 Å². The molecule has 0 aliphatic carbocycles. The van der Waals surface area contributed by atoms with Gasteiger partial charge in [0.05, 0.1) is 12.1 Å². The van der Waals surface area contributed by atoms with Crippen LogP contribution >= 0.6 is 0 Å². The number of ether oxygens (including phenoxy) is 2. The quantitative estimate of drug-likeness (QED) is 0.569. The van der Waals surface area contributed by atoms with Crippen LogP contribution in [0.15, 0.2) is 48.5 Å². The summed E-state index contributed by atoms with van der Waals surface area (Å²) in [5.41, 5.74) is 1.50. The zero-order valence-corrected chi connectivity index (χ0v) is 15.8. The molecule has 0 aromatic heterocycles. The largest absolute Gasteiger partial charge is 0.482 e. The van der Waals surface area contributed by atoms with Crippen molar-refractivity contribution in [3.8, 4) is 5.75 Å². The Labute approximate surface area is 167 Å². The van der Waals surface area contributed by atoms with E-state index in [4.69, 9.17) is 9.47 Å². The molecule has 0 unspecified atom stereocenters. The zero-order chi connectivity index (χ0) is 20.8. The minimum Gasteiger partial charge on any atom is -0.482 e. The van der Waals surface area contributed by atoms with Gasteiger partial charge in [-0.2, -0.15) is 0 Å². The van der Waals surface area contributed by atoms with Crippen molar-refractivity contribution in [3.63, 3.8) is 0 Å². The maximum Gasteiger partial charge on any atom is 0.308 e. The molecular formula is C21H20N2O6. The van der Waals surface area contributed by atoms with Gasteiger partial charge in [0.2, 0.25) is 0 Å². The van der Waals surface area contributed by atoms with E-state index < -0.39 is 18.5 Å². The summed E-state index contributed by atoms with van der Waals surface area (Å²) in [6.45, 7) is 1.01. The Bertz CT molecular complexity index is 956. The normalized spacial score (nSPS) is 12.6. The van der Waals surface area contributed by atoms with Gasteiger partial charge < -0.3 is 19.7 Å². The molecule has 1 N–H and O–H groups in total. The average Bonchev–Trinajstić information content (AvgIpc) is 2.71. The number of esters is 1. The van der Waals surface area contributed by atoms with E-state index in [0.717, 1.165) is 0 Å². The first kappa shape index (κ1) is 20.1. The van der Waals surface area contributed by atoms with Crippen molar-refractivity contribution in [2.75, 3.05) is 30.0 Å². The van der Waals surface area contributed by atoms with E-state index in [2.05, 4.69) is 5.32 Å². The fraction of sp³-hybridized carbons (Fsp3) is 0.238. The van der Waals surface area contributed by atoms with Crippen molar-refractivity contribution in [2.45, 2.75) is 13.3 Å². The highest BCUT2D eigenvalue weighted by Gasteiger charge is 2.25. The van der Waals surface area contributed by atoms with Gasteiger partial charge in [0, 0.05) is 17.8 Å². The first-order valence-electron chi connectivity index (χ1n) is 9.02. The van der Waals surface area contributed by atoms with Crippen LogP contribution in [-0.4, -0.2) is 43.3 Å². The summed E-state index contributed by atoms with van der Waals surface area (Å²) in [7, 11) is 0. The summed E-state index contributed by atoms with van der Waals surface area (Å²) < 4.78 is 10.3. The van der Waals surface area contributed by atoms with Gasteiger partial charge in [-0.25, -0.2) is 0 Å². The van der Waals surface area contributed by atoms with Crippen LogP contribution < -0.4 is 15.0 Å². The van der Waals surface area contributed by atoms with Crippen LogP contribution in [0.1, 0.15) is 23.7 Å². The van der Waals surface area contributed by atoms with Crippen LogP contribution in [0.5, 0.6) is 5.75 Å². The molecule has 1 heterocycles. The van der Waals surface area contributed by atoms with E-state index in [-0.39, 0.29) is 31.3 Å². The van der Waals surface area contributed by atoms with Crippen LogP contribution in [0, 0.1) is 0 Å². The molecular weight excluding hydrogens is 376 g/mol. The fourth-order valence-corrected chi connectivity index (χ4v) is 2.83. The SMILES string of the molecule is CC(=O)c1cccc(NC(=O)COC(=O)CCN2C(=O)COc3ccccc32)c1. The fourth-order valence-electron chi connectivity index (χ4n) is 2.83. The number of fused-ring (bicyclic) bond motifs is 1. The number of benzene rings is 2. The third kappa shape index (κ3) is 5.19. The lowest BCUT2D eigenvalue weighted by molar-refractivity contribution is -0.147. The summed E-state index contributed by atoms with van der Waals surface area (Å²) in [6, 6.07) is 13.5. The smallest absolute Gasteiger partial charge is 0.308 e. The third-order valence-corrected chi connectivity index (χ3v) is 4.26. The van der Waals surface area contributed by atoms with Gasteiger partial charge in [0.1, 0.15) is 5.75 Å². The minimum atomic E-state index is -0.602. The van der Waals surface area contributed by atoms with Crippen molar-refractivity contribution in [3.05, 3.63) is 54.1 Å². The van der Waals surface area contributed by atoms with Gasteiger partial charge in [-0.15, -0.1) is 0 Å². The summed E-state index contributed by atoms with van der Waals surface area (Å²) >= 11 is 0. The van der Waals surface area contributed by atoms with E-state index in [9.17, 15) is 19.2 Å². The Morgan fingerprint density at radius 2 is 1.93 bits per heavy atom. The van der Waals surface area contributed by atoms with Crippen molar-refractivity contribution in [1.29, 1.82) is 0 Å². The summed E-state index contributed by atoms with van der Waals surface area (Å²) in [6.07, 6.45) is -0.0623. The number of hydrogen-bond donors (Lipinski definition) is 1. The number of anilines is 2. The van der Waals surface area contributed by atoms with Crippen molar-refractivity contribution in [2.24, 2.45) is 0 Å². The highest BCUT2D eigenvalue weighted by molar-refractivity contribution is 5.99. The molecule has 2 aromatic carbocycles. The molecule has 0 saturated heterocycles. The molecule has 2 amide bonds. The molecule has 0 atom stereocenters. The first-order valence-corrected chi connectivity index (χ1v) is 9.02. The molecule has 0 spiro atoms. The van der Waals surface area contributed by atoms with Gasteiger partial charge in [-0.3, -0.25) is 19.2 Å². The first-order chi connectivity index (χ1) is 13.9. The van der Waals surface area contributed by atoms with E-state index in [0.29, 0.717) is 22.7 Å². The predicted molar refractivity (Wildman–Crippen MR) is 105 cm³/mol. The number of nitrogens with one attached hydrogen (secondary N) is 1. The molecule has 0 fully saturated rings. The van der Waals surface area contributed by atoms with Crippen LogP contribution in [0.25, 0.3) is 0 Å². The maximum absolute atomic E-state index is 12.1. The van der Waals surface area contributed by atoms with Crippen molar-refractivity contribution >= 4 is 34.9 Å². The molecule has 1 aliphatic rings. The molecule has 150 valence electrons. The molecule has 3 rings (SSSR count). The second kappa shape index (κ2) is 9.01. The molecule has 8 heteroatoms. The molecule has 8 nitrogen and oxygen atoms in total. The van der Waals surface area contributed by atoms with Gasteiger partial charge in [0.25, 0.3) is 11.8 Å². The number of rotatable bonds is 7. The maximum atomic E-state index is 12.1. The number of para-hydroxylation sites is 2. The van der Waals surface area contributed by atoms with E-state index in [1.807, 2.05) is 0 Å². The number of ketones is 1. The lowest BCUT2D eigenvalue weighted by atomic mass is 10.1. The number of hydrogen-bond acceptors (Lipinski definition) is 6. The zero-order valence-electron chi connectivity index (χ0n) is 15.8. The Morgan fingerprint density at radius 3 is 2.72 bits per heavy atom. The summed E-state index contributed by atoms with van der Waals surface area (Å²) in [5, 5.41) is 2.57. The van der Waals surface area contributed by atoms with Crippen LogP contribution in [-0.2, 0) is 19.1 Å². The topological polar surface area (TPSA) is 102 Å². The number of Topliss-reactive ketones (excluding diaryl/α,β-unsaturated/α-hetero) is 1. The Kier molecular flexibility index (Phi) is 6.23. The lowest BCUT2D eigenvalue weighted by Gasteiger charge is -2.28. The van der Waals surface area contributed by atoms with Crippen LogP contribution in [0.4, 0.5) is 11.4 Å².